The highest BCUT2D eigenvalue weighted by atomic mass is 32.1. The maximum absolute atomic E-state index is 13.5. The number of carbonyl (C=O) groups is 2. The molecule has 9 heteroatoms. The monoisotopic (exact) mass is 568 g/mol. The third-order valence-corrected chi connectivity index (χ3v) is 7.83. The van der Waals surface area contributed by atoms with Crippen LogP contribution >= 0.6 is 11.3 Å². The predicted molar refractivity (Wildman–Crippen MR) is 156 cm³/mol. The molecule has 1 N–H and O–H groups in total. The Bertz CT molecular complexity index is 1630. The Morgan fingerprint density at radius 1 is 1.07 bits per heavy atom. The fourth-order valence-electron chi connectivity index (χ4n) is 5.22. The van der Waals surface area contributed by atoms with Gasteiger partial charge in [0.1, 0.15) is 24.2 Å². The number of aromatic nitrogens is 1. The number of aliphatic hydroxyl groups is 1. The number of hydrogen-bond donors (Lipinski definition) is 1. The van der Waals surface area contributed by atoms with Gasteiger partial charge in [0, 0.05) is 23.6 Å². The highest BCUT2D eigenvalue weighted by Gasteiger charge is 2.48. The SMILES string of the molecule is CCOc1cc([C@@H]2C(=C(O)c3ccc4c(c3)C[C@H](C)O4)C(=O)C(=O)N2c2nccs2)ccc1OCc1ccccc1. The molecule has 1 saturated heterocycles. The molecular weight excluding hydrogens is 540 g/mol. The molecule has 208 valence electrons. The van der Waals surface area contributed by atoms with E-state index in [1.54, 1.807) is 41.9 Å². The lowest BCUT2D eigenvalue weighted by Gasteiger charge is -2.24. The second-order valence-electron chi connectivity index (χ2n) is 9.85. The van der Waals surface area contributed by atoms with E-state index in [-0.39, 0.29) is 17.4 Å². The van der Waals surface area contributed by atoms with Crippen LogP contribution in [0, 0.1) is 0 Å². The van der Waals surface area contributed by atoms with Crippen molar-refractivity contribution in [2.45, 2.75) is 39.0 Å². The Morgan fingerprint density at radius 2 is 1.90 bits per heavy atom. The Hall–Kier alpha value is -4.63. The molecule has 0 bridgehead atoms. The van der Waals surface area contributed by atoms with Crippen molar-refractivity contribution in [1.82, 2.24) is 4.98 Å². The van der Waals surface area contributed by atoms with Crippen LogP contribution in [0.25, 0.3) is 5.76 Å². The number of rotatable bonds is 8. The van der Waals surface area contributed by atoms with Gasteiger partial charge in [0.2, 0.25) is 0 Å². The zero-order chi connectivity index (χ0) is 28.5. The summed E-state index contributed by atoms with van der Waals surface area (Å²) in [6.45, 7) is 4.57. The van der Waals surface area contributed by atoms with E-state index in [0.717, 1.165) is 16.9 Å². The molecule has 1 amide bonds. The van der Waals surface area contributed by atoms with E-state index in [4.69, 9.17) is 14.2 Å². The highest BCUT2D eigenvalue weighted by molar-refractivity contribution is 7.14. The normalized spacial score (nSPS) is 19.2. The largest absolute Gasteiger partial charge is 0.507 e. The van der Waals surface area contributed by atoms with Crippen LogP contribution in [0.4, 0.5) is 5.13 Å². The van der Waals surface area contributed by atoms with Crippen molar-refractivity contribution >= 4 is 33.9 Å². The number of aliphatic hydroxyl groups excluding tert-OH is 1. The van der Waals surface area contributed by atoms with E-state index in [9.17, 15) is 14.7 Å². The molecule has 2 aliphatic rings. The summed E-state index contributed by atoms with van der Waals surface area (Å²) >= 11 is 1.24. The van der Waals surface area contributed by atoms with Crippen molar-refractivity contribution in [3.05, 3.63) is 106 Å². The number of benzene rings is 3. The first-order valence-electron chi connectivity index (χ1n) is 13.4. The molecule has 4 aromatic rings. The van der Waals surface area contributed by atoms with Crippen LogP contribution in [-0.2, 0) is 22.6 Å². The number of hydrogen-bond acceptors (Lipinski definition) is 8. The Balaban J connectivity index is 1.44. The van der Waals surface area contributed by atoms with Crippen LogP contribution in [0.2, 0.25) is 0 Å². The topological polar surface area (TPSA) is 98.2 Å². The second kappa shape index (κ2) is 11.1. The van der Waals surface area contributed by atoms with E-state index in [0.29, 0.717) is 47.4 Å². The van der Waals surface area contributed by atoms with Crippen LogP contribution in [0.1, 0.15) is 42.1 Å². The fourth-order valence-corrected chi connectivity index (χ4v) is 5.89. The first-order chi connectivity index (χ1) is 19.9. The molecule has 6 rings (SSSR count). The van der Waals surface area contributed by atoms with E-state index in [2.05, 4.69) is 4.98 Å². The van der Waals surface area contributed by atoms with Crippen molar-refractivity contribution in [3.8, 4) is 17.2 Å². The fraction of sp³-hybridized carbons (Fsp3) is 0.219. The van der Waals surface area contributed by atoms with E-state index < -0.39 is 17.7 Å². The molecule has 8 nitrogen and oxygen atoms in total. The van der Waals surface area contributed by atoms with Crippen molar-refractivity contribution in [2.24, 2.45) is 0 Å². The van der Waals surface area contributed by atoms with Gasteiger partial charge in [-0.05, 0) is 60.9 Å². The van der Waals surface area contributed by atoms with Crippen molar-refractivity contribution in [1.29, 1.82) is 0 Å². The van der Waals surface area contributed by atoms with Gasteiger partial charge < -0.3 is 19.3 Å². The van der Waals surface area contributed by atoms with Crippen molar-refractivity contribution in [3.63, 3.8) is 0 Å². The lowest BCUT2D eigenvalue weighted by Crippen LogP contribution is -2.29. The van der Waals surface area contributed by atoms with Gasteiger partial charge >= 0.3 is 5.91 Å². The number of nitrogens with zero attached hydrogens (tertiary/aromatic N) is 2. The predicted octanol–water partition coefficient (Wildman–Crippen LogP) is 6.07. The Labute approximate surface area is 241 Å². The van der Waals surface area contributed by atoms with E-state index >= 15 is 0 Å². The summed E-state index contributed by atoms with van der Waals surface area (Å²) < 4.78 is 17.8. The molecular formula is C32H28N2O6S. The minimum absolute atomic E-state index is 0.0162. The third-order valence-electron chi connectivity index (χ3n) is 7.06. The van der Waals surface area contributed by atoms with Gasteiger partial charge in [-0.15, -0.1) is 11.3 Å². The number of carbonyl (C=O) groups excluding carboxylic acids is 2. The smallest absolute Gasteiger partial charge is 0.301 e. The number of anilines is 1. The molecule has 3 heterocycles. The lowest BCUT2D eigenvalue weighted by molar-refractivity contribution is -0.132. The average molecular weight is 569 g/mol. The van der Waals surface area contributed by atoms with Gasteiger partial charge in [0.25, 0.3) is 5.78 Å². The summed E-state index contributed by atoms with van der Waals surface area (Å²) in [7, 11) is 0. The van der Waals surface area contributed by atoms with Gasteiger partial charge in [-0.25, -0.2) is 4.98 Å². The molecule has 0 radical (unpaired) electrons. The van der Waals surface area contributed by atoms with Crippen LogP contribution in [0.15, 0.2) is 83.9 Å². The van der Waals surface area contributed by atoms with Gasteiger partial charge in [0.15, 0.2) is 16.6 Å². The quantitative estimate of drug-likeness (QED) is 0.157. The summed E-state index contributed by atoms with van der Waals surface area (Å²) in [5.74, 6) is -0.0479. The summed E-state index contributed by atoms with van der Waals surface area (Å²) in [5.41, 5.74) is 2.94. The standard InChI is InChI=1S/C32H28N2O6S/c1-3-38-26-17-21(9-12-25(26)39-18-20-7-5-4-6-8-20)28-27(30(36)31(37)34(28)32-33-13-14-41-32)29(35)22-10-11-24-23(16-22)15-19(2)40-24/h4-14,16-17,19,28,35H,3,15,18H2,1-2H3/t19-,28+/m0/s1. The molecule has 0 saturated carbocycles. The third kappa shape index (κ3) is 5.04. The Morgan fingerprint density at radius 3 is 2.66 bits per heavy atom. The number of fused-ring (bicyclic) bond motifs is 1. The Kier molecular flexibility index (Phi) is 7.19. The zero-order valence-electron chi connectivity index (χ0n) is 22.6. The first kappa shape index (κ1) is 26.6. The average Bonchev–Trinajstić information content (AvgIpc) is 3.70. The van der Waals surface area contributed by atoms with E-state index in [1.807, 2.05) is 50.2 Å². The van der Waals surface area contributed by atoms with Crippen molar-refractivity contribution < 1.29 is 28.9 Å². The summed E-state index contributed by atoms with van der Waals surface area (Å²) in [6, 6.07) is 19.5. The second-order valence-corrected chi connectivity index (χ2v) is 10.7. The van der Waals surface area contributed by atoms with Crippen LogP contribution < -0.4 is 19.1 Å². The number of amides is 1. The molecule has 0 unspecified atom stereocenters. The molecule has 41 heavy (non-hydrogen) atoms. The first-order valence-corrected chi connectivity index (χ1v) is 14.3. The molecule has 3 aromatic carbocycles. The van der Waals surface area contributed by atoms with Gasteiger partial charge in [-0.1, -0.05) is 36.4 Å². The molecule has 1 aromatic heterocycles. The molecule has 1 fully saturated rings. The summed E-state index contributed by atoms with van der Waals surface area (Å²) in [5, 5.41) is 13.6. The molecule has 0 spiro atoms. The number of thiazole rings is 1. The summed E-state index contributed by atoms with van der Waals surface area (Å²) in [6.07, 6.45) is 2.29. The van der Waals surface area contributed by atoms with Gasteiger partial charge in [-0.3, -0.25) is 14.5 Å². The summed E-state index contributed by atoms with van der Waals surface area (Å²) in [4.78, 5) is 32.6. The van der Waals surface area contributed by atoms with Crippen LogP contribution in [-0.4, -0.2) is 34.5 Å². The molecule has 2 aliphatic heterocycles. The maximum Gasteiger partial charge on any atom is 0.301 e. The lowest BCUT2D eigenvalue weighted by atomic mass is 9.94. The number of ketones is 1. The number of ether oxygens (including phenoxy) is 3. The van der Waals surface area contributed by atoms with Gasteiger partial charge in [-0.2, -0.15) is 0 Å². The van der Waals surface area contributed by atoms with Crippen molar-refractivity contribution in [2.75, 3.05) is 11.5 Å². The minimum Gasteiger partial charge on any atom is -0.507 e. The highest BCUT2D eigenvalue weighted by Crippen LogP contribution is 2.45. The van der Waals surface area contributed by atoms with Crippen LogP contribution in [0.5, 0.6) is 17.2 Å². The molecule has 0 aliphatic carbocycles. The van der Waals surface area contributed by atoms with Crippen LogP contribution in [0.3, 0.4) is 0 Å². The van der Waals surface area contributed by atoms with E-state index in [1.165, 1.54) is 16.2 Å². The minimum atomic E-state index is -0.924. The molecule has 2 atom stereocenters. The zero-order valence-corrected chi connectivity index (χ0v) is 23.4. The van der Waals surface area contributed by atoms with Gasteiger partial charge in [0.05, 0.1) is 18.2 Å². The maximum atomic E-state index is 13.5. The number of Topliss-reactive ketones (excluding diaryl/α,β-unsaturated/α-hetero) is 1.